The predicted octanol–water partition coefficient (Wildman–Crippen LogP) is 2.26. The van der Waals surface area contributed by atoms with Gasteiger partial charge in [0, 0.05) is 29.8 Å². The van der Waals surface area contributed by atoms with Gasteiger partial charge >= 0.3 is 0 Å². The summed E-state index contributed by atoms with van der Waals surface area (Å²) in [6.07, 6.45) is 0.572. The topological polar surface area (TPSA) is 52.7 Å². The second-order valence-electron chi connectivity index (χ2n) is 5.63. The summed E-state index contributed by atoms with van der Waals surface area (Å²) >= 11 is 3.41. The minimum atomic E-state index is -0.564. The lowest BCUT2D eigenvalue weighted by Crippen LogP contribution is -2.40. The van der Waals surface area contributed by atoms with Gasteiger partial charge in [0.05, 0.1) is 0 Å². The Hall–Kier alpha value is -1.40. The number of likely N-dealkylation sites (N-methyl/N-ethyl adjacent to an activating group) is 1. The van der Waals surface area contributed by atoms with E-state index in [1.54, 1.807) is 4.90 Å². The van der Waals surface area contributed by atoms with Gasteiger partial charge in [0.15, 0.2) is 0 Å². The molecular weight excluding hydrogens is 358 g/mol. The molecule has 0 saturated carbocycles. The van der Waals surface area contributed by atoms with Gasteiger partial charge in [0.25, 0.3) is 0 Å². The molecule has 1 aromatic rings. The molecule has 1 atom stereocenters. The first-order valence-corrected chi connectivity index (χ1v) is 8.93. The summed E-state index contributed by atoms with van der Waals surface area (Å²) in [5.74, 6) is -0.825. The zero-order chi connectivity index (χ0) is 16.8. The molecule has 0 radical (unpaired) electrons. The summed E-state index contributed by atoms with van der Waals surface area (Å²) in [6.45, 7) is 8.11. The summed E-state index contributed by atoms with van der Waals surface area (Å²) in [4.78, 5) is 28.7. The molecule has 2 rings (SSSR count). The van der Waals surface area contributed by atoms with E-state index in [0.29, 0.717) is 19.5 Å². The van der Waals surface area contributed by atoms with Crippen LogP contribution in [0.25, 0.3) is 0 Å². The molecule has 0 aromatic heterocycles. The van der Waals surface area contributed by atoms with E-state index in [1.807, 2.05) is 24.3 Å². The first kappa shape index (κ1) is 17.9. The second-order valence-corrected chi connectivity index (χ2v) is 6.54. The van der Waals surface area contributed by atoms with Crippen molar-refractivity contribution in [1.82, 2.24) is 10.2 Å². The Balaban J connectivity index is 1.90. The van der Waals surface area contributed by atoms with E-state index in [4.69, 9.17) is 0 Å². The number of amides is 2. The Morgan fingerprint density at radius 3 is 2.78 bits per heavy atom. The van der Waals surface area contributed by atoms with Crippen molar-refractivity contribution in [3.8, 4) is 0 Å². The zero-order valence-corrected chi connectivity index (χ0v) is 15.3. The van der Waals surface area contributed by atoms with Gasteiger partial charge in [0.2, 0.25) is 11.8 Å². The van der Waals surface area contributed by atoms with Crippen LogP contribution in [-0.4, -0.2) is 49.4 Å². The fraction of sp³-hybridized carbons (Fsp3) is 0.529. The molecule has 6 heteroatoms. The van der Waals surface area contributed by atoms with Crippen LogP contribution in [0.15, 0.2) is 28.7 Å². The highest BCUT2D eigenvalue weighted by atomic mass is 79.9. The van der Waals surface area contributed by atoms with Crippen molar-refractivity contribution in [2.45, 2.75) is 20.3 Å². The standard InChI is InChI=1S/C17H24BrN3O2/c1-3-20(4-2)11-9-19-16(22)15-8-10-21(17(15)23)14-7-5-6-13(18)12-14/h5-7,12,15H,3-4,8-11H2,1-2H3,(H,19,22). The highest BCUT2D eigenvalue weighted by molar-refractivity contribution is 9.10. The Morgan fingerprint density at radius 2 is 2.13 bits per heavy atom. The van der Waals surface area contributed by atoms with Gasteiger partial charge in [-0.1, -0.05) is 35.8 Å². The molecule has 1 aliphatic rings. The van der Waals surface area contributed by atoms with Crippen LogP contribution >= 0.6 is 15.9 Å². The minimum Gasteiger partial charge on any atom is -0.354 e. The van der Waals surface area contributed by atoms with E-state index in [1.165, 1.54) is 0 Å². The summed E-state index contributed by atoms with van der Waals surface area (Å²) < 4.78 is 0.926. The Bertz CT molecular complexity index is 561. The van der Waals surface area contributed by atoms with Crippen molar-refractivity contribution in [2.75, 3.05) is 37.6 Å². The highest BCUT2D eigenvalue weighted by Crippen LogP contribution is 2.27. The van der Waals surface area contributed by atoms with Gasteiger partial charge in [-0.2, -0.15) is 0 Å². The minimum absolute atomic E-state index is 0.108. The van der Waals surface area contributed by atoms with Gasteiger partial charge in [-0.3, -0.25) is 9.59 Å². The molecular formula is C17H24BrN3O2. The first-order chi connectivity index (χ1) is 11.1. The normalized spacial score (nSPS) is 17.8. The van der Waals surface area contributed by atoms with Crippen LogP contribution in [0.1, 0.15) is 20.3 Å². The third kappa shape index (κ3) is 4.54. The number of hydrogen-bond donors (Lipinski definition) is 1. The SMILES string of the molecule is CCN(CC)CCNC(=O)C1CCN(c2cccc(Br)c2)C1=O. The molecule has 1 unspecified atom stereocenters. The van der Waals surface area contributed by atoms with Gasteiger partial charge in [-0.25, -0.2) is 0 Å². The van der Waals surface area contributed by atoms with Crippen LogP contribution < -0.4 is 10.2 Å². The van der Waals surface area contributed by atoms with Crippen molar-refractivity contribution in [1.29, 1.82) is 0 Å². The second kappa shape index (κ2) is 8.45. The Labute approximate surface area is 146 Å². The molecule has 1 aromatic carbocycles. The van der Waals surface area contributed by atoms with Crippen molar-refractivity contribution < 1.29 is 9.59 Å². The average Bonchev–Trinajstić information content (AvgIpc) is 2.93. The maximum absolute atomic E-state index is 12.5. The zero-order valence-electron chi connectivity index (χ0n) is 13.7. The van der Waals surface area contributed by atoms with E-state index >= 15 is 0 Å². The number of anilines is 1. The average molecular weight is 382 g/mol. The van der Waals surface area contributed by atoms with Gasteiger partial charge in [0.1, 0.15) is 5.92 Å². The number of rotatable bonds is 7. The number of carbonyl (C=O) groups excluding carboxylic acids is 2. The van der Waals surface area contributed by atoms with Gasteiger partial charge in [-0.15, -0.1) is 0 Å². The Kier molecular flexibility index (Phi) is 6.59. The lowest BCUT2D eigenvalue weighted by atomic mass is 10.1. The van der Waals surface area contributed by atoms with Crippen molar-refractivity contribution in [3.63, 3.8) is 0 Å². The molecule has 0 spiro atoms. The number of carbonyl (C=O) groups is 2. The Morgan fingerprint density at radius 1 is 1.39 bits per heavy atom. The van der Waals surface area contributed by atoms with Crippen molar-refractivity contribution in [3.05, 3.63) is 28.7 Å². The van der Waals surface area contributed by atoms with E-state index < -0.39 is 5.92 Å². The summed E-state index contributed by atoms with van der Waals surface area (Å²) in [5, 5.41) is 2.90. The first-order valence-electron chi connectivity index (χ1n) is 8.13. The number of halogens is 1. The molecule has 1 saturated heterocycles. The molecule has 1 aliphatic heterocycles. The molecule has 2 amide bonds. The summed E-state index contributed by atoms with van der Waals surface area (Å²) in [6, 6.07) is 7.60. The molecule has 1 heterocycles. The van der Waals surface area contributed by atoms with Crippen molar-refractivity contribution in [2.24, 2.45) is 5.92 Å². The number of hydrogen-bond acceptors (Lipinski definition) is 3. The van der Waals surface area contributed by atoms with Crippen LogP contribution in [-0.2, 0) is 9.59 Å². The van der Waals surface area contributed by atoms with Crippen LogP contribution in [0.4, 0.5) is 5.69 Å². The number of nitrogens with one attached hydrogen (secondary N) is 1. The van der Waals surface area contributed by atoms with Gasteiger partial charge in [-0.05, 0) is 37.7 Å². The van der Waals surface area contributed by atoms with Crippen LogP contribution in [0.2, 0.25) is 0 Å². The largest absolute Gasteiger partial charge is 0.354 e. The van der Waals surface area contributed by atoms with Crippen LogP contribution in [0, 0.1) is 5.92 Å². The summed E-state index contributed by atoms with van der Waals surface area (Å²) in [5.41, 5.74) is 0.836. The monoisotopic (exact) mass is 381 g/mol. The lowest BCUT2D eigenvalue weighted by Gasteiger charge is -2.19. The third-order valence-corrected chi connectivity index (χ3v) is 4.76. The van der Waals surface area contributed by atoms with E-state index in [-0.39, 0.29) is 11.8 Å². The lowest BCUT2D eigenvalue weighted by molar-refractivity contribution is -0.132. The summed E-state index contributed by atoms with van der Waals surface area (Å²) in [7, 11) is 0. The van der Waals surface area contributed by atoms with E-state index in [2.05, 4.69) is 40.0 Å². The van der Waals surface area contributed by atoms with Crippen LogP contribution in [0.3, 0.4) is 0 Å². The number of benzene rings is 1. The smallest absolute Gasteiger partial charge is 0.239 e. The third-order valence-electron chi connectivity index (χ3n) is 4.26. The van der Waals surface area contributed by atoms with Crippen LogP contribution in [0.5, 0.6) is 0 Å². The van der Waals surface area contributed by atoms with Gasteiger partial charge < -0.3 is 15.1 Å². The molecule has 23 heavy (non-hydrogen) atoms. The fourth-order valence-corrected chi connectivity index (χ4v) is 3.21. The van der Waals surface area contributed by atoms with E-state index in [9.17, 15) is 9.59 Å². The quantitative estimate of drug-likeness (QED) is 0.737. The predicted molar refractivity (Wildman–Crippen MR) is 95.4 cm³/mol. The molecule has 1 fully saturated rings. The maximum atomic E-state index is 12.5. The molecule has 1 N–H and O–H groups in total. The number of nitrogens with zero attached hydrogens (tertiary/aromatic N) is 2. The highest BCUT2D eigenvalue weighted by Gasteiger charge is 2.37. The molecule has 0 aliphatic carbocycles. The van der Waals surface area contributed by atoms with Crippen molar-refractivity contribution >= 4 is 33.4 Å². The molecule has 0 bridgehead atoms. The molecule has 5 nitrogen and oxygen atoms in total. The maximum Gasteiger partial charge on any atom is 0.239 e. The molecule has 126 valence electrons. The fourth-order valence-electron chi connectivity index (χ4n) is 2.82. The van der Waals surface area contributed by atoms with E-state index in [0.717, 1.165) is 29.8 Å².